The van der Waals surface area contributed by atoms with Crippen LogP contribution >= 0.6 is 0 Å². The predicted molar refractivity (Wildman–Crippen MR) is 119 cm³/mol. The van der Waals surface area contributed by atoms with E-state index in [0.29, 0.717) is 12.5 Å². The molecule has 0 N–H and O–H groups in total. The van der Waals surface area contributed by atoms with Gasteiger partial charge in [0.2, 0.25) is 0 Å². The lowest BCUT2D eigenvalue weighted by Crippen LogP contribution is -2.08. The number of aromatic nitrogens is 2. The molecule has 0 amide bonds. The molecule has 1 heterocycles. The molecule has 0 bridgehead atoms. The van der Waals surface area contributed by atoms with Crippen molar-refractivity contribution < 1.29 is 9.53 Å². The average Bonchev–Trinajstić information content (AvgIpc) is 2.76. The second-order valence-corrected chi connectivity index (χ2v) is 7.68. The molecular formula is C25H34N2O2. The van der Waals surface area contributed by atoms with E-state index in [1.165, 1.54) is 43.7 Å². The van der Waals surface area contributed by atoms with Crippen molar-refractivity contribution >= 4 is 12.0 Å². The van der Waals surface area contributed by atoms with Crippen LogP contribution in [0.5, 0.6) is 0 Å². The number of hydrogen-bond acceptors (Lipinski definition) is 4. The van der Waals surface area contributed by atoms with Crippen LogP contribution < -0.4 is 0 Å². The monoisotopic (exact) mass is 394 g/mol. The van der Waals surface area contributed by atoms with Crippen LogP contribution in [-0.2, 0) is 16.0 Å². The van der Waals surface area contributed by atoms with Gasteiger partial charge in [0, 0.05) is 24.0 Å². The van der Waals surface area contributed by atoms with Crippen molar-refractivity contribution in [3.63, 3.8) is 0 Å². The van der Waals surface area contributed by atoms with Crippen LogP contribution in [0, 0.1) is 5.92 Å². The van der Waals surface area contributed by atoms with Gasteiger partial charge in [-0.25, -0.2) is 14.8 Å². The lowest BCUT2D eigenvalue weighted by molar-refractivity contribution is -0.138. The standard InChI is InChI=1S/C25H34N2O2/c1-4-6-7-8-9-10-22-17-26-25(27-18-22)23-14-11-21(12-15-23)13-16-24(28)29-19-20(3)5-2/h11-18,20H,4-10,19H2,1-3H3. The van der Waals surface area contributed by atoms with Crippen LogP contribution in [0.25, 0.3) is 17.5 Å². The van der Waals surface area contributed by atoms with Gasteiger partial charge in [-0.3, -0.25) is 0 Å². The first kappa shape index (κ1) is 22.8. The predicted octanol–water partition coefficient (Wildman–Crippen LogP) is 6.26. The normalized spacial score (nSPS) is 12.2. The van der Waals surface area contributed by atoms with Gasteiger partial charge in [0.05, 0.1) is 6.61 Å². The maximum atomic E-state index is 11.8. The zero-order valence-electron chi connectivity index (χ0n) is 18.1. The zero-order chi connectivity index (χ0) is 20.9. The molecule has 0 aliphatic rings. The van der Waals surface area contributed by atoms with E-state index in [-0.39, 0.29) is 5.97 Å². The molecule has 0 aliphatic carbocycles. The highest BCUT2D eigenvalue weighted by molar-refractivity contribution is 5.87. The van der Waals surface area contributed by atoms with E-state index < -0.39 is 0 Å². The van der Waals surface area contributed by atoms with E-state index >= 15 is 0 Å². The summed E-state index contributed by atoms with van der Waals surface area (Å²) < 4.78 is 5.22. The van der Waals surface area contributed by atoms with Crippen molar-refractivity contribution in [2.75, 3.05) is 6.61 Å². The summed E-state index contributed by atoms with van der Waals surface area (Å²) in [6.07, 6.45) is 15.5. The molecule has 0 saturated carbocycles. The van der Waals surface area contributed by atoms with E-state index in [4.69, 9.17) is 4.74 Å². The number of aryl methyl sites for hydroxylation is 1. The number of esters is 1. The molecular weight excluding hydrogens is 360 g/mol. The maximum Gasteiger partial charge on any atom is 0.330 e. The molecule has 1 atom stereocenters. The largest absolute Gasteiger partial charge is 0.462 e. The summed E-state index contributed by atoms with van der Waals surface area (Å²) in [6, 6.07) is 7.87. The van der Waals surface area contributed by atoms with E-state index in [2.05, 4.69) is 30.7 Å². The van der Waals surface area contributed by atoms with Crippen LogP contribution in [0.3, 0.4) is 0 Å². The van der Waals surface area contributed by atoms with Gasteiger partial charge in [-0.1, -0.05) is 77.1 Å². The Morgan fingerprint density at radius 3 is 2.38 bits per heavy atom. The number of hydrogen-bond donors (Lipinski definition) is 0. The number of unbranched alkanes of at least 4 members (excludes halogenated alkanes) is 4. The molecule has 0 aliphatic heterocycles. The fourth-order valence-electron chi connectivity index (χ4n) is 2.86. The molecule has 0 saturated heterocycles. The zero-order valence-corrected chi connectivity index (χ0v) is 18.1. The molecule has 1 unspecified atom stereocenters. The lowest BCUT2D eigenvalue weighted by Gasteiger charge is -2.07. The summed E-state index contributed by atoms with van der Waals surface area (Å²) in [7, 11) is 0. The molecule has 1 aromatic heterocycles. The van der Waals surface area contributed by atoms with Crippen LogP contribution in [0.4, 0.5) is 0 Å². The average molecular weight is 395 g/mol. The Hall–Kier alpha value is -2.49. The Labute approximate surface area is 175 Å². The molecule has 0 radical (unpaired) electrons. The van der Waals surface area contributed by atoms with Crippen molar-refractivity contribution in [3.05, 3.63) is 53.9 Å². The van der Waals surface area contributed by atoms with Crippen molar-refractivity contribution in [2.24, 2.45) is 5.92 Å². The minimum atomic E-state index is -0.303. The van der Waals surface area contributed by atoms with Crippen LogP contribution in [0.15, 0.2) is 42.7 Å². The molecule has 4 nitrogen and oxygen atoms in total. The first-order valence-corrected chi connectivity index (χ1v) is 10.9. The summed E-state index contributed by atoms with van der Waals surface area (Å²) in [4.78, 5) is 20.8. The minimum Gasteiger partial charge on any atom is -0.462 e. The number of ether oxygens (including phenoxy) is 1. The van der Waals surface area contributed by atoms with E-state index in [0.717, 1.165) is 29.8 Å². The Morgan fingerprint density at radius 1 is 1.03 bits per heavy atom. The third kappa shape index (κ3) is 8.59. The van der Waals surface area contributed by atoms with Gasteiger partial charge in [-0.2, -0.15) is 0 Å². The Morgan fingerprint density at radius 2 is 1.72 bits per heavy atom. The molecule has 2 aromatic rings. The minimum absolute atomic E-state index is 0.303. The summed E-state index contributed by atoms with van der Waals surface area (Å²) in [5.41, 5.74) is 3.11. The van der Waals surface area contributed by atoms with Crippen LogP contribution in [0.1, 0.15) is 70.4 Å². The number of carbonyl (C=O) groups excluding carboxylic acids is 1. The molecule has 29 heavy (non-hydrogen) atoms. The highest BCUT2D eigenvalue weighted by Gasteiger charge is 2.04. The lowest BCUT2D eigenvalue weighted by atomic mass is 10.1. The Balaban J connectivity index is 1.84. The van der Waals surface area contributed by atoms with Gasteiger partial charge >= 0.3 is 5.97 Å². The van der Waals surface area contributed by atoms with Crippen molar-refractivity contribution in [2.45, 2.75) is 65.7 Å². The molecule has 156 valence electrons. The van der Waals surface area contributed by atoms with Crippen molar-refractivity contribution in [3.8, 4) is 11.4 Å². The Bertz CT molecular complexity index is 751. The topological polar surface area (TPSA) is 52.1 Å². The second kappa shape index (κ2) is 12.9. The summed E-state index contributed by atoms with van der Waals surface area (Å²) >= 11 is 0. The maximum absolute atomic E-state index is 11.8. The highest BCUT2D eigenvalue weighted by Crippen LogP contribution is 2.17. The van der Waals surface area contributed by atoms with E-state index in [1.807, 2.05) is 36.7 Å². The smallest absolute Gasteiger partial charge is 0.330 e. The quantitative estimate of drug-likeness (QED) is 0.242. The third-order valence-corrected chi connectivity index (χ3v) is 5.06. The van der Waals surface area contributed by atoms with Crippen LogP contribution in [-0.4, -0.2) is 22.5 Å². The fourth-order valence-corrected chi connectivity index (χ4v) is 2.86. The van der Waals surface area contributed by atoms with Crippen LogP contribution in [0.2, 0.25) is 0 Å². The molecule has 4 heteroatoms. The van der Waals surface area contributed by atoms with Crippen molar-refractivity contribution in [1.29, 1.82) is 0 Å². The summed E-state index contributed by atoms with van der Waals surface area (Å²) in [5.74, 6) is 0.810. The van der Waals surface area contributed by atoms with E-state index in [9.17, 15) is 4.79 Å². The molecule has 0 spiro atoms. The van der Waals surface area contributed by atoms with Gasteiger partial charge in [-0.05, 0) is 36.0 Å². The second-order valence-electron chi connectivity index (χ2n) is 7.68. The van der Waals surface area contributed by atoms with Gasteiger partial charge in [-0.15, -0.1) is 0 Å². The van der Waals surface area contributed by atoms with Gasteiger partial charge in [0.15, 0.2) is 5.82 Å². The first-order valence-electron chi connectivity index (χ1n) is 10.9. The molecule has 0 fully saturated rings. The van der Waals surface area contributed by atoms with Gasteiger partial charge in [0.1, 0.15) is 0 Å². The molecule has 2 rings (SSSR count). The van der Waals surface area contributed by atoms with Gasteiger partial charge < -0.3 is 4.74 Å². The number of nitrogens with zero attached hydrogens (tertiary/aromatic N) is 2. The SMILES string of the molecule is CCCCCCCc1cnc(-c2ccc(C=CC(=O)OCC(C)CC)cc2)nc1. The third-order valence-electron chi connectivity index (χ3n) is 5.06. The first-order chi connectivity index (χ1) is 14.1. The Kier molecular flexibility index (Phi) is 10.1. The molecule has 1 aromatic carbocycles. The van der Waals surface area contributed by atoms with Crippen molar-refractivity contribution in [1.82, 2.24) is 9.97 Å². The summed E-state index contributed by atoms with van der Waals surface area (Å²) in [5, 5.41) is 0. The number of carbonyl (C=O) groups is 1. The van der Waals surface area contributed by atoms with E-state index in [1.54, 1.807) is 6.08 Å². The fraction of sp³-hybridized carbons (Fsp3) is 0.480. The number of rotatable bonds is 12. The summed E-state index contributed by atoms with van der Waals surface area (Å²) in [6.45, 7) is 6.85. The highest BCUT2D eigenvalue weighted by atomic mass is 16.5. The van der Waals surface area contributed by atoms with Gasteiger partial charge in [0.25, 0.3) is 0 Å². The number of benzene rings is 1.